The molecule has 0 radical (unpaired) electrons. The summed E-state index contributed by atoms with van der Waals surface area (Å²) < 4.78 is 45.3. The molecule has 3 heterocycles. The van der Waals surface area contributed by atoms with E-state index in [9.17, 15) is 22.8 Å². The Bertz CT molecular complexity index is 1160. The van der Waals surface area contributed by atoms with E-state index in [0.717, 1.165) is 13.0 Å². The highest BCUT2D eigenvalue weighted by Crippen LogP contribution is 2.35. The number of alkyl halides is 3. The van der Waals surface area contributed by atoms with Gasteiger partial charge in [0.05, 0.1) is 18.4 Å². The molecule has 1 fully saturated rings. The summed E-state index contributed by atoms with van der Waals surface area (Å²) in [6.07, 6.45) is -2.67. The molecule has 8 nitrogen and oxygen atoms in total. The molecule has 0 saturated carbocycles. The Morgan fingerprint density at radius 3 is 2.59 bits per heavy atom. The first-order valence-corrected chi connectivity index (χ1v) is 10.6. The van der Waals surface area contributed by atoms with Gasteiger partial charge in [-0.3, -0.25) is 9.59 Å². The fraction of sp³-hybridized carbons (Fsp3) is 0.304. The zero-order valence-electron chi connectivity index (χ0n) is 18.2. The van der Waals surface area contributed by atoms with Crippen molar-refractivity contribution in [2.75, 3.05) is 29.9 Å². The first kappa shape index (κ1) is 23.4. The number of amides is 1. The summed E-state index contributed by atoms with van der Waals surface area (Å²) in [6, 6.07) is 11.4. The summed E-state index contributed by atoms with van der Waals surface area (Å²) in [5, 5.41) is 5.59. The monoisotopic (exact) mass is 473 g/mol. The molecule has 34 heavy (non-hydrogen) atoms. The van der Waals surface area contributed by atoms with E-state index in [4.69, 9.17) is 4.42 Å². The smallest absolute Gasteiger partial charge is 0.431 e. The molecule has 1 amide bonds. The van der Waals surface area contributed by atoms with Crippen molar-refractivity contribution in [3.63, 3.8) is 0 Å². The molecular weight excluding hydrogens is 451 g/mol. The van der Waals surface area contributed by atoms with Crippen molar-refractivity contribution in [1.82, 2.24) is 15.3 Å². The van der Waals surface area contributed by atoms with E-state index in [1.165, 1.54) is 25.3 Å². The van der Waals surface area contributed by atoms with Crippen molar-refractivity contribution < 1.29 is 27.2 Å². The molecule has 178 valence electrons. The van der Waals surface area contributed by atoms with Crippen LogP contribution in [0.1, 0.15) is 29.6 Å². The number of aromatic nitrogens is 2. The third-order valence-electron chi connectivity index (χ3n) is 5.28. The minimum atomic E-state index is -4.89. The van der Waals surface area contributed by atoms with E-state index in [1.54, 1.807) is 30.3 Å². The zero-order chi connectivity index (χ0) is 24.3. The number of oxazole rings is 1. The average Bonchev–Trinajstić information content (AvgIpc) is 3.47. The summed E-state index contributed by atoms with van der Waals surface area (Å²) in [4.78, 5) is 33.9. The predicted octanol–water partition coefficient (Wildman–Crippen LogP) is 3.77. The molecule has 2 aromatic heterocycles. The Morgan fingerprint density at radius 1 is 1.18 bits per heavy atom. The molecule has 0 unspecified atom stereocenters. The van der Waals surface area contributed by atoms with E-state index in [0.29, 0.717) is 24.5 Å². The number of ketones is 1. The fourth-order valence-electron chi connectivity index (χ4n) is 3.63. The zero-order valence-corrected chi connectivity index (χ0v) is 18.2. The van der Waals surface area contributed by atoms with Gasteiger partial charge in [0.2, 0.25) is 11.7 Å². The van der Waals surface area contributed by atoms with Crippen LogP contribution in [0.25, 0.3) is 11.5 Å². The third kappa shape index (κ3) is 5.42. The van der Waals surface area contributed by atoms with Gasteiger partial charge in [-0.1, -0.05) is 18.2 Å². The highest BCUT2D eigenvalue weighted by Gasteiger charge is 2.42. The number of hydrogen-bond acceptors (Lipinski definition) is 7. The molecule has 4 rings (SSSR count). The lowest BCUT2D eigenvalue weighted by Crippen LogP contribution is -2.35. The first-order valence-electron chi connectivity index (χ1n) is 10.6. The predicted molar refractivity (Wildman–Crippen MR) is 118 cm³/mol. The number of hydrogen-bond donors (Lipinski definition) is 2. The summed E-state index contributed by atoms with van der Waals surface area (Å²) in [5.74, 6) is -2.09. The molecule has 1 atom stereocenters. The first-order chi connectivity index (χ1) is 16.2. The molecule has 1 aromatic carbocycles. The van der Waals surface area contributed by atoms with Gasteiger partial charge in [0.25, 0.3) is 5.91 Å². The summed E-state index contributed by atoms with van der Waals surface area (Å²) in [6.45, 7) is 3.24. The third-order valence-corrected chi connectivity index (χ3v) is 5.28. The lowest BCUT2D eigenvalue weighted by molar-refractivity contribution is -0.153. The van der Waals surface area contributed by atoms with Crippen LogP contribution in [0.4, 0.5) is 24.7 Å². The number of nitrogens with zero attached hydrogens (tertiary/aromatic N) is 3. The van der Waals surface area contributed by atoms with Crippen LogP contribution in [-0.2, 0) is 11.0 Å². The highest BCUT2D eigenvalue weighted by atomic mass is 19.4. The van der Waals surface area contributed by atoms with E-state index in [-0.39, 0.29) is 23.4 Å². The second-order valence-electron chi connectivity index (χ2n) is 7.93. The minimum absolute atomic E-state index is 0.0633. The van der Waals surface area contributed by atoms with Crippen molar-refractivity contribution in [1.29, 1.82) is 0 Å². The minimum Gasteiger partial charge on any atom is -0.431 e. The standard InChI is InChI=1S/C23H22F3N5O3/c1-14(32)11-27-17-9-10-31(13-17)18-8-7-16(12-28-18)29-21(33)19-20(23(24,25)26)34-22(30-19)15-5-3-2-4-6-15/h2-8,12,17,27H,9-11,13H2,1H3,(H,29,33)/t17-/m1/s1. The van der Waals surface area contributed by atoms with Crippen LogP contribution >= 0.6 is 0 Å². The number of nitrogens with one attached hydrogen (secondary N) is 2. The summed E-state index contributed by atoms with van der Waals surface area (Å²) in [5.41, 5.74) is -0.314. The number of benzene rings is 1. The molecule has 11 heteroatoms. The van der Waals surface area contributed by atoms with Crippen LogP contribution < -0.4 is 15.5 Å². The maximum absolute atomic E-state index is 13.5. The quantitative estimate of drug-likeness (QED) is 0.539. The molecule has 1 aliphatic rings. The number of pyridine rings is 1. The number of carbonyl (C=O) groups excluding carboxylic acids is 2. The van der Waals surface area contributed by atoms with Crippen LogP contribution in [0.3, 0.4) is 0 Å². The molecule has 0 aliphatic carbocycles. The van der Waals surface area contributed by atoms with Gasteiger partial charge in [0.15, 0.2) is 5.69 Å². The molecule has 3 aromatic rings. The van der Waals surface area contributed by atoms with Crippen LogP contribution in [-0.4, -0.2) is 47.3 Å². The maximum atomic E-state index is 13.5. The second kappa shape index (κ2) is 9.64. The van der Waals surface area contributed by atoms with Gasteiger partial charge in [0.1, 0.15) is 11.6 Å². The van der Waals surface area contributed by atoms with Crippen LogP contribution in [0.2, 0.25) is 0 Å². The van der Waals surface area contributed by atoms with Gasteiger partial charge in [-0.25, -0.2) is 9.97 Å². The van der Waals surface area contributed by atoms with Crippen molar-refractivity contribution in [3.8, 4) is 11.5 Å². The largest absolute Gasteiger partial charge is 0.452 e. The Hall–Kier alpha value is -3.73. The Kier molecular flexibility index (Phi) is 6.64. The lowest BCUT2D eigenvalue weighted by Gasteiger charge is -2.18. The van der Waals surface area contributed by atoms with Crippen molar-refractivity contribution in [2.45, 2.75) is 25.6 Å². The topological polar surface area (TPSA) is 100 Å². The van der Waals surface area contributed by atoms with Gasteiger partial charge in [-0.05, 0) is 37.6 Å². The molecular formula is C23H22F3N5O3. The van der Waals surface area contributed by atoms with Gasteiger partial charge in [-0.15, -0.1) is 0 Å². The van der Waals surface area contributed by atoms with Crippen molar-refractivity contribution >= 4 is 23.2 Å². The van der Waals surface area contributed by atoms with Gasteiger partial charge < -0.3 is 20.0 Å². The SMILES string of the molecule is CC(=O)CN[C@@H]1CCN(c2ccc(NC(=O)c3nc(-c4ccccc4)oc3C(F)(F)F)cn2)C1. The fourth-order valence-corrected chi connectivity index (χ4v) is 3.63. The molecule has 1 saturated heterocycles. The van der Waals surface area contributed by atoms with E-state index in [2.05, 4.69) is 20.6 Å². The van der Waals surface area contributed by atoms with E-state index >= 15 is 0 Å². The van der Waals surface area contributed by atoms with Gasteiger partial charge in [0, 0.05) is 24.7 Å². The average molecular weight is 473 g/mol. The van der Waals surface area contributed by atoms with Crippen molar-refractivity contribution in [2.24, 2.45) is 0 Å². The van der Waals surface area contributed by atoms with Crippen LogP contribution in [0.5, 0.6) is 0 Å². The summed E-state index contributed by atoms with van der Waals surface area (Å²) >= 11 is 0. The molecule has 0 bridgehead atoms. The number of rotatable bonds is 7. The molecule has 0 spiro atoms. The lowest BCUT2D eigenvalue weighted by atomic mass is 10.2. The normalized spacial score (nSPS) is 16.0. The van der Waals surface area contributed by atoms with Gasteiger partial charge >= 0.3 is 6.18 Å². The van der Waals surface area contributed by atoms with Crippen molar-refractivity contribution in [3.05, 3.63) is 60.1 Å². The summed E-state index contributed by atoms with van der Waals surface area (Å²) in [7, 11) is 0. The highest BCUT2D eigenvalue weighted by molar-refractivity contribution is 6.04. The number of carbonyl (C=O) groups is 2. The van der Waals surface area contributed by atoms with Gasteiger partial charge in [-0.2, -0.15) is 13.2 Å². The molecule has 2 N–H and O–H groups in total. The Balaban J connectivity index is 1.46. The van der Waals surface area contributed by atoms with E-state index < -0.39 is 23.5 Å². The second-order valence-corrected chi connectivity index (χ2v) is 7.93. The molecule has 1 aliphatic heterocycles. The number of halogens is 3. The Morgan fingerprint density at radius 2 is 1.94 bits per heavy atom. The Labute approximate surface area is 193 Å². The number of anilines is 2. The van der Waals surface area contributed by atoms with E-state index in [1.807, 2.05) is 4.90 Å². The van der Waals surface area contributed by atoms with Crippen LogP contribution in [0.15, 0.2) is 53.1 Å². The number of Topliss-reactive ketones (excluding diaryl/α,β-unsaturated/α-hetero) is 1. The maximum Gasteiger partial charge on any atom is 0.452 e. The van der Waals surface area contributed by atoms with Crippen LogP contribution in [0, 0.1) is 0 Å².